The molecule has 0 radical (unpaired) electrons. The number of hydrogen-bond donors (Lipinski definition) is 2. The van der Waals surface area contributed by atoms with Crippen molar-refractivity contribution in [3.8, 4) is 0 Å². The molecule has 9 heteroatoms. The second kappa shape index (κ2) is 7.24. The molecule has 7 nitrogen and oxygen atoms in total. The largest absolute Gasteiger partial charge is 0.375 e. The Morgan fingerprint density at radius 3 is 2.57 bits per heavy atom. The topological polar surface area (TPSA) is 91.0 Å². The van der Waals surface area contributed by atoms with Gasteiger partial charge in [-0.05, 0) is 37.5 Å². The maximum absolute atomic E-state index is 12.1. The summed E-state index contributed by atoms with van der Waals surface area (Å²) in [6.07, 6.45) is 2.59. The number of anilines is 1. The molecule has 126 valence electrons. The second-order valence-corrected chi connectivity index (χ2v) is 7.94. The zero-order valence-electron chi connectivity index (χ0n) is 13.2. The Kier molecular flexibility index (Phi) is 5.55. The minimum absolute atomic E-state index is 0.0243. The van der Waals surface area contributed by atoms with E-state index < -0.39 is 9.84 Å². The Morgan fingerprint density at radius 2 is 2.00 bits per heavy atom. The molecular formula is C14H21N5O2S2. The highest BCUT2D eigenvalue weighted by Crippen LogP contribution is 2.23. The monoisotopic (exact) mass is 355 g/mol. The Hall–Kier alpha value is -1.71. The number of likely N-dealkylation sites (N-methyl/N-ethyl adjacent to an activating group) is 1. The number of piperazine rings is 1. The summed E-state index contributed by atoms with van der Waals surface area (Å²) < 4.78 is 24.2. The molecule has 1 saturated heterocycles. The summed E-state index contributed by atoms with van der Waals surface area (Å²) in [5.74, 6) is 0. The van der Waals surface area contributed by atoms with Gasteiger partial charge in [0.2, 0.25) is 0 Å². The van der Waals surface area contributed by atoms with Gasteiger partial charge in [-0.15, -0.1) is 0 Å². The first-order valence-corrected chi connectivity index (χ1v) is 9.43. The van der Waals surface area contributed by atoms with Crippen molar-refractivity contribution in [3.63, 3.8) is 0 Å². The summed E-state index contributed by atoms with van der Waals surface area (Å²) in [5.41, 5.74) is 9.11. The van der Waals surface area contributed by atoms with Crippen molar-refractivity contribution in [2.24, 2.45) is 10.8 Å². The number of nitrogens with one attached hydrogen (secondary N) is 1. The first-order chi connectivity index (χ1) is 10.8. The molecular weight excluding hydrogens is 334 g/mol. The van der Waals surface area contributed by atoms with Crippen molar-refractivity contribution in [2.45, 2.75) is 4.90 Å². The highest BCUT2D eigenvalue weighted by atomic mass is 32.2. The molecule has 0 aliphatic carbocycles. The fourth-order valence-electron chi connectivity index (χ4n) is 2.38. The minimum Gasteiger partial charge on any atom is -0.375 e. The van der Waals surface area contributed by atoms with Crippen LogP contribution in [0.25, 0.3) is 0 Å². The molecule has 0 unspecified atom stereocenters. The van der Waals surface area contributed by atoms with E-state index in [0.29, 0.717) is 5.56 Å². The number of benzene rings is 1. The van der Waals surface area contributed by atoms with Crippen molar-refractivity contribution in [1.82, 2.24) is 10.3 Å². The Labute approximate surface area is 142 Å². The summed E-state index contributed by atoms with van der Waals surface area (Å²) in [5, 5.41) is 3.87. The Balaban J connectivity index is 2.31. The lowest BCUT2D eigenvalue weighted by atomic mass is 10.2. The molecule has 23 heavy (non-hydrogen) atoms. The lowest BCUT2D eigenvalue weighted by Crippen LogP contribution is -2.44. The van der Waals surface area contributed by atoms with Crippen LogP contribution in [-0.2, 0) is 9.84 Å². The molecule has 0 saturated carbocycles. The fraction of sp³-hybridized carbons (Fsp3) is 0.429. The van der Waals surface area contributed by atoms with E-state index in [1.54, 1.807) is 12.1 Å². The van der Waals surface area contributed by atoms with Crippen LogP contribution in [-0.4, -0.2) is 64.1 Å². The summed E-state index contributed by atoms with van der Waals surface area (Å²) in [4.78, 5) is 4.67. The molecule has 1 aromatic rings. The van der Waals surface area contributed by atoms with Crippen LogP contribution in [0, 0.1) is 0 Å². The molecule has 0 aromatic heterocycles. The number of hydrazone groups is 1. The Morgan fingerprint density at radius 1 is 1.35 bits per heavy atom. The third kappa shape index (κ3) is 4.88. The Bertz CT molecular complexity index is 710. The number of nitrogens with zero attached hydrogens (tertiary/aromatic N) is 3. The molecule has 2 rings (SSSR count). The molecule has 1 heterocycles. The SMILES string of the molecule is CN1CCN(c2ccc(C=NNC(N)=S)c(S(C)(=O)=O)c2)CC1. The average molecular weight is 355 g/mol. The quantitative estimate of drug-likeness (QED) is 0.447. The van der Waals surface area contributed by atoms with E-state index in [2.05, 4.69) is 39.6 Å². The third-order valence-electron chi connectivity index (χ3n) is 3.64. The third-order valence-corrected chi connectivity index (χ3v) is 4.89. The van der Waals surface area contributed by atoms with Gasteiger partial charge in [0.15, 0.2) is 14.9 Å². The number of thiocarbonyl (C=S) groups is 1. The van der Waals surface area contributed by atoms with Gasteiger partial charge in [-0.1, -0.05) is 0 Å². The van der Waals surface area contributed by atoms with Crippen molar-refractivity contribution in [2.75, 3.05) is 44.4 Å². The lowest BCUT2D eigenvalue weighted by Gasteiger charge is -2.34. The van der Waals surface area contributed by atoms with Gasteiger partial charge >= 0.3 is 0 Å². The standard InChI is InChI=1S/C14H21N5O2S2/c1-18-5-7-19(8-6-18)12-4-3-11(10-16-17-14(15)22)13(9-12)23(2,20)21/h3-4,9-10H,5-8H2,1-2H3,(H3,15,17,22). The van der Waals surface area contributed by atoms with E-state index in [9.17, 15) is 8.42 Å². The summed E-state index contributed by atoms with van der Waals surface area (Å²) in [7, 11) is -1.30. The maximum Gasteiger partial charge on any atom is 0.184 e. The van der Waals surface area contributed by atoms with Gasteiger partial charge in [0.1, 0.15) is 0 Å². The summed E-state index contributed by atoms with van der Waals surface area (Å²) >= 11 is 4.66. The van der Waals surface area contributed by atoms with Crippen LogP contribution < -0.4 is 16.1 Å². The maximum atomic E-state index is 12.1. The van der Waals surface area contributed by atoms with Crippen molar-refractivity contribution in [1.29, 1.82) is 0 Å². The van der Waals surface area contributed by atoms with Gasteiger partial charge in [0.25, 0.3) is 0 Å². The lowest BCUT2D eigenvalue weighted by molar-refractivity contribution is 0.313. The zero-order valence-corrected chi connectivity index (χ0v) is 14.8. The molecule has 0 atom stereocenters. The highest BCUT2D eigenvalue weighted by Gasteiger charge is 2.18. The smallest absolute Gasteiger partial charge is 0.184 e. The van der Waals surface area contributed by atoms with E-state index in [1.807, 2.05) is 6.07 Å². The van der Waals surface area contributed by atoms with Crippen molar-refractivity contribution < 1.29 is 8.42 Å². The number of rotatable bonds is 4. The average Bonchev–Trinajstić information content (AvgIpc) is 2.47. The van der Waals surface area contributed by atoms with Gasteiger partial charge in [-0.3, -0.25) is 5.43 Å². The first kappa shape index (κ1) is 17.6. The molecule has 0 amide bonds. The summed E-state index contributed by atoms with van der Waals surface area (Å²) in [6.45, 7) is 3.65. The van der Waals surface area contributed by atoms with E-state index in [-0.39, 0.29) is 10.0 Å². The second-order valence-electron chi connectivity index (χ2n) is 5.52. The van der Waals surface area contributed by atoms with Crippen LogP contribution in [0.3, 0.4) is 0 Å². The van der Waals surface area contributed by atoms with Crippen molar-refractivity contribution in [3.05, 3.63) is 23.8 Å². The van der Waals surface area contributed by atoms with Crippen LogP contribution in [0.5, 0.6) is 0 Å². The van der Waals surface area contributed by atoms with E-state index >= 15 is 0 Å². The molecule has 0 bridgehead atoms. The fourth-order valence-corrected chi connectivity index (χ4v) is 3.31. The number of hydrogen-bond acceptors (Lipinski definition) is 6. The van der Waals surface area contributed by atoms with Gasteiger partial charge < -0.3 is 15.5 Å². The first-order valence-electron chi connectivity index (χ1n) is 7.13. The van der Waals surface area contributed by atoms with Gasteiger partial charge in [-0.25, -0.2) is 8.42 Å². The predicted octanol–water partition coefficient (Wildman–Crippen LogP) is 0.00900. The normalized spacial score (nSPS) is 16.7. The van der Waals surface area contributed by atoms with Crippen LogP contribution in [0.15, 0.2) is 28.2 Å². The van der Waals surface area contributed by atoms with Crippen LogP contribution >= 0.6 is 12.2 Å². The van der Waals surface area contributed by atoms with Crippen LogP contribution in [0.1, 0.15) is 5.56 Å². The van der Waals surface area contributed by atoms with Crippen LogP contribution in [0.4, 0.5) is 5.69 Å². The predicted molar refractivity (Wildman–Crippen MR) is 96.8 cm³/mol. The molecule has 3 N–H and O–H groups in total. The highest BCUT2D eigenvalue weighted by molar-refractivity contribution is 7.90. The molecule has 0 spiro atoms. The van der Waals surface area contributed by atoms with Gasteiger partial charge in [-0.2, -0.15) is 5.10 Å². The van der Waals surface area contributed by atoms with Gasteiger partial charge in [0, 0.05) is 43.7 Å². The van der Waals surface area contributed by atoms with E-state index in [4.69, 9.17) is 5.73 Å². The number of nitrogens with two attached hydrogens (primary N) is 1. The van der Waals surface area contributed by atoms with Crippen molar-refractivity contribution >= 4 is 39.1 Å². The molecule has 1 aromatic carbocycles. The molecule has 1 aliphatic rings. The van der Waals surface area contributed by atoms with Gasteiger partial charge in [0.05, 0.1) is 11.1 Å². The summed E-state index contributed by atoms with van der Waals surface area (Å²) in [6, 6.07) is 5.35. The van der Waals surface area contributed by atoms with Crippen LogP contribution in [0.2, 0.25) is 0 Å². The van der Waals surface area contributed by atoms with E-state index in [0.717, 1.165) is 31.9 Å². The number of sulfone groups is 1. The molecule has 1 aliphatic heterocycles. The zero-order chi connectivity index (χ0) is 17.0. The van der Waals surface area contributed by atoms with E-state index in [1.165, 1.54) is 12.5 Å². The molecule has 1 fully saturated rings. The minimum atomic E-state index is -3.38.